The predicted molar refractivity (Wildman–Crippen MR) is 85.9 cm³/mol. The molecule has 6 nitrogen and oxygen atoms in total. The van der Waals surface area contributed by atoms with Crippen LogP contribution in [0.1, 0.15) is 23.0 Å². The van der Waals surface area contributed by atoms with Crippen LogP contribution < -0.4 is 15.6 Å². The number of aromatic nitrogens is 1. The van der Waals surface area contributed by atoms with E-state index in [9.17, 15) is 19.1 Å². The van der Waals surface area contributed by atoms with Gasteiger partial charge in [0.2, 0.25) is 5.43 Å². The molecule has 3 rings (SSSR count). The minimum atomic E-state index is -1.29. The smallest absolute Gasteiger partial charge is 0.341 e. The molecule has 0 atom stereocenters. The molecule has 1 aliphatic rings. The maximum Gasteiger partial charge on any atom is 0.341 e. The zero-order valence-electron chi connectivity index (χ0n) is 12.8. The van der Waals surface area contributed by atoms with Gasteiger partial charge in [0.25, 0.3) is 0 Å². The quantitative estimate of drug-likeness (QED) is 0.795. The maximum atomic E-state index is 14.4. The summed E-state index contributed by atoms with van der Waals surface area (Å²) in [5.74, 6) is -1.80. The first-order valence-electron chi connectivity index (χ1n) is 7.60. The number of H-pyrrole nitrogens is 1. The molecule has 0 bridgehead atoms. The first-order valence-corrected chi connectivity index (χ1v) is 7.60. The summed E-state index contributed by atoms with van der Waals surface area (Å²) in [7, 11) is 0. The summed E-state index contributed by atoms with van der Waals surface area (Å²) in [4.78, 5) is 28.6. The molecule has 0 radical (unpaired) electrons. The lowest BCUT2D eigenvalue weighted by atomic mass is 10.1. The summed E-state index contributed by atoms with van der Waals surface area (Å²) in [5.41, 5.74) is 0.294. The molecule has 2 heterocycles. The lowest BCUT2D eigenvalue weighted by molar-refractivity contribution is 0.0694. The summed E-state index contributed by atoms with van der Waals surface area (Å²) in [6, 6.07) is 2.74. The molecule has 1 fully saturated rings. The largest absolute Gasteiger partial charge is 0.477 e. The van der Waals surface area contributed by atoms with E-state index in [1.165, 1.54) is 0 Å². The number of aryl methyl sites for hydroxylation is 1. The van der Waals surface area contributed by atoms with Gasteiger partial charge in [0.1, 0.15) is 11.4 Å². The van der Waals surface area contributed by atoms with Crippen molar-refractivity contribution in [3.8, 4) is 0 Å². The van der Waals surface area contributed by atoms with E-state index in [0.717, 1.165) is 19.2 Å². The van der Waals surface area contributed by atoms with Crippen molar-refractivity contribution in [3.63, 3.8) is 0 Å². The van der Waals surface area contributed by atoms with E-state index in [4.69, 9.17) is 0 Å². The first kappa shape index (κ1) is 15.5. The van der Waals surface area contributed by atoms with Crippen molar-refractivity contribution in [1.82, 2.24) is 10.3 Å². The van der Waals surface area contributed by atoms with E-state index >= 15 is 0 Å². The number of nitrogens with one attached hydrogen (secondary N) is 2. The molecular weight excluding hydrogens is 301 g/mol. The van der Waals surface area contributed by atoms with Gasteiger partial charge >= 0.3 is 5.97 Å². The third-order valence-electron chi connectivity index (χ3n) is 4.17. The number of rotatable bonds is 3. The summed E-state index contributed by atoms with van der Waals surface area (Å²) in [6.45, 7) is 4.67. The Morgan fingerprint density at radius 2 is 2.04 bits per heavy atom. The van der Waals surface area contributed by atoms with Crippen molar-refractivity contribution >= 4 is 22.6 Å². The molecule has 0 saturated carbocycles. The topological polar surface area (TPSA) is 85.4 Å². The molecule has 7 heteroatoms. The van der Waals surface area contributed by atoms with Crippen molar-refractivity contribution in [3.05, 3.63) is 39.4 Å². The number of hydrogen-bond donors (Lipinski definition) is 3. The van der Waals surface area contributed by atoms with Crippen molar-refractivity contribution in [2.24, 2.45) is 0 Å². The van der Waals surface area contributed by atoms with E-state index in [-0.39, 0.29) is 10.9 Å². The number of carboxylic acid groups (broad SMARTS) is 1. The molecule has 2 aromatic rings. The Bertz CT molecular complexity index is 825. The maximum absolute atomic E-state index is 14.4. The van der Waals surface area contributed by atoms with Gasteiger partial charge in [-0.25, -0.2) is 9.18 Å². The Hall–Kier alpha value is -2.41. The van der Waals surface area contributed by atoms with Crippen LogP contribution in [0.2, 0.25) is 0 Å². The number of anilines is 1. The summed E-state index contributed by atoms with van der Waals surface area (Å²) >= 11 is 0. The number of halogens is 1. The number of carbonyl (C=O) groups is 1. The van der Waals surface area contributed by atoms with E-state index in [0.29, 0.717) is 36.4 Å². The van der Waals surface area contributed by atoms with Gasteiger partial charge in [0.15, 0.2) is 0 Å². The van der Waals surface area contributed by atoms with Crippen LogP contribution in [0.5, 0.6) is 0 Å². The predicted octanol–water partition coefficient (Wildman–Crippen LogP) is 1.34. The van der Waals surface area contributed by atoms with Crippen LogP contribution in [0.25, 0.3) is 10.9 Å². The van der Waals surface area contributed by atoms with Gasteiger partial charge in [-0.1, -0.05) is 6.92 Å². The van der Waals surface area contributed by atoms with Crippen LogP contribution in [0.3, 0.4) is 0 Å². The number of nitrogens with zero attached hydrogens (tertiary/aromatic N) is 1. The highest BCUT2D eigenvalue weighted by molar-refractivity contribution is 5.94. The molecular formula is C16H18FN3O3. The van der Waals surface area contributed by atoms with Gasteiger partial charge < -0.3 is 20.3 Å². The van der Waals surface area contributed by atoms with Gasteiger partial charge in [0, 0.05) is 37.3 Å². The van der Waals surface area contributed by atoms with Crippen LogP contribution in [0.4, 0.5) is 10.1 Å². The van der Waals surface area contributed by atoms with Crippen LogP contribution in [-0.4, -0.2) is 42.2 Å². The molecule has 0 unspecified atom stereocenters. The third-order valence-corrected chi connectivity index (χ3v) is 4.17. The molecule has 0 spiro atoms. The van der Waals surface area contributed by atoms with Crippen molar-refractivity contribution in [1.29, 1.82) is 0 Å². The average Bonchev–Trinajstić information content (AvgIpc) is 2.55. The molecule has 1 saturated heterocycles. The molecule has 1 aliphatic heterocycles. The Balaban J connectivity index is 2.22. The zero-order valence-corrected chi connectivity index (χ0v) is 12.8. The van der Waals surface area contributed by atoms with Gasteiger partial charge in [-0.2, -0.15) is 0 Å². The van der Waals surface area contributed by atoms with Crippen molar-refractivity contribution < 1.29 is 14.3 Å². The molecule has 1 aromatic carbocycles. The molecule has 3 N–H and O–H groups in total. The number of aromatic carboxylic acids is 1. The van der Waals surface area contributed by atoms with Crippen molar-refractivity contribution in [2.75, 3.05) is 31.1 Å². The lowest BCUT2D eigenvalue weighted by Crippen LogP contribution is -2.43. The Kier molecular flexibility index (Phi) is 4.04. The highest BCUT2D eigenvalue weighted by Gasteiger charge is 2.21. The fourth-order valence-corrected chi connectivity index (χ4v) is 2.99. The SMILES string of the molecule is CCc1[nH]c2cc(N3CCNCC3)c(F)cc2c(=O)c1C(=O)O. The second-order valence-electron chi connectivity index (χ2n) is 5.55. The fraction of sp³-hybridized carbons (Fsp3) is 0.375. The first-order chi connectivity index (χ1) is 11.0. The van der Waals surface area contributed by atoms with Gasteiger partial charge in [-0.3, -0.25) is 4.79 Å². The fourth-order valence-electron chi connectivity index (χ4n) is 2.99. The third kappa shape index (κ3) is 2.68. The normalized spacial score (nSPS) is 15.1. The monoisotopic (exact) mass is 319 g/mol. The van der Waals surface area contributed by atoms with Crippen LogP contribution in [0.15, 0.2) is 16.9 Å². The minimum absolute atomic E-state index is 0.0657. The van der Waals surface area contributed by atoms with Crippen LogP contribution in [0, 0.1) is 5.82 Å². The standard InChI is InChI=1S/C16H18FN3O3/c1-2-11-14(16(22)23)15(21)9-7-10(17)13(8-12(9)19-11)20-5-3-18-4-6-20/h7-8,18H,2-6H2,1H3,(H,19,21)(H,22,23). The Morgan fingerprint density at radius 1 is 1.35 bits per heavy atom. The van der Waals surface area contributed by atoms with Gasteiger partial charge in [-0.15, -0.1) is 0 Å². The van der Waals surface area contributed by atoms with E-state index in [1.807, 2.05) is 4.90 Å². The van der Waals surface area contributed by atoms with E-state index < -0.39 is 17.2 Å². The molecule has 23 heavy (non-hydrogen) atoms. The summed E-state index contributed by atoms with van der Waals surface area (Å²) in [6.07, 6.45) is 0.382. The average molecular weight is 319 g/mol. The number of hydrogen-bond acceptors (Lipinski definition) is 4. The number of fused-ring (bicyclic) bond motifs is 1. The number of aromatic amines is 1. The Labute approximate surface area is 131 Å². The van der Waals surface area contributed by atoms with Gasteiger partial charge in [-0.05, 0) is 18.6 Å². The Morgan fingerprint density at radius 3 is 2.65 bits per heavy atom. The summed E-state index contributed by atoms with van der Waals surface area (Å²) < 4.78 is 14.4. The molecule has 0 aliphatic carbocycles. The highest BCUT2D eigenvalue weighted by Crippen LogP contribution is 2.25. The number of pyridine rings is 1. The molecule has 0 amide bonds. The molecule has 1 aromatic heterocycles. The number of piperazine rings is 1. The second kappa shape index (κ2) is 6.00. The second-order valence-corrected chi connectivity index (χ2v) is 5.55. The lowest BCUT2D eigenvalue weighted by Gasteiger charge is -2.29. The number of benzene rings is 1. The van der Waals surface area contributed by atoms with Crippen LogP contribution >= 0.6 is 0 Å². The summed E-state index contributed by atoms with van der Waals surface area (Å²) in [5, 5.41) is 12.5. The van der Waals surface area contributed by atoms with E-state index in [1.54, 1.807) is 13.0 Å². The highest BCUT2D eigenvalue weighted by atomic mass is 19.1. The minimum Gasteiger partial charge on any atom is -0.477 e. The number of carboxylic acids is 1. The van der Waals surface area contributed by atoms with E-state index in [2.05, 4.69) is 10.3 Å². The molecule has 122 valence electrons. The van der Waals surface area contributed by atoms with Gasteiger partial charge in [0.05, 0.1) is 11.2 Å². The zero-order chi connectivity index (χ0) is 16.6. The van der Waals surface area contributed by atoms with Crippen molar-refractivity contribution in [2.45, 2.75) is 13.3 Å². The van der Waals surface area contributed by atoms with Crippen LogP contribution in [-0.2, 0) is 6.42 Å².